The van der Waals surface area contributed by atoms with Gasteiger partial charge in [-0.15, -0.1) is 0 Å². The molecule has 6 heteroatoms. The molecular weight excluding hydrogens is 306 g/mol. The van der Waals surface area contributed by atoms with Crippen molar-refractivity contribution in [1.82, 2.24) is 9.80 Å². The minimum atomic E-state index is -0.243. The van der Waals surface area contributed by atoms with Gasteiger partial charge in [-0.2, -0.15) is 0 Å². The number of hydrogen-bond donors (Lipinski definition) is 1. The second-order valence-corrected chi connectivity index (χ2v) is 6.50. The number of nitrogens with one attached hydrogen (secondary N) is 1. The Kier molecular flexibility index (Phi) is 5.04. The first-order chi connectivity index (χ1) is 11.6. The number of hydrogen-bond acceptors (Lipinski definition) is 4. The lowest BCUT2D eigenvalue weighted by Crippen LogP contribution is -2.54. The summed E-state index contributed by atoms with van der Waals surface area (Å²) in [6.45, 7) is 4.80. The van der Waals surface area contributed by atoms with E-state index in [1.165, 1.54) is 0 Å². The highest BCUT2D eigenvalue weighted by Gasteiger charge is 2.35. The fraction of sp³-hybridized carbons (Fsp3) is 0.556. The average Bonchev–Trinajstić information content (AvgIpc) is 3.46. The molecule has 1 atom stereocenters. The van der Waals surface area contributed by atoms with E-state index in [4.69, 9.17) is 4.74 Å². The van der Waals surface area contributed by atoms with Gasteiger partial charge in [0, 0.05) is 32.1 Å². The van der Waals surface area contributed by atoms with E-state index < -0.39 is 0 Å². The van der Waals surface area contributed by atoms with Crippen LogP contribution in [-0.2, 0) is 9.59 Å². The summed E-state index contributed by atoms with van der Waals surface area (Å²) >= 11 is 0. The van der Waals surface area contributed by atoms with E-state index in [1.54, 1.807) is 7.11 Å². The van der Waals surface area contributed by atoms with E-state index in [1.807, 2.05) is 36.1 Å². The standard InChI is InChI=1S/C18H25N3O3/c1-13(17(22)19-15-5-3-4-6-16(15)24-2)20-9-11-21(12-10-20)18(23)14-7-8-14/h3-6,13-14H,7-12H2,1-2H3,(H,19,22)/t13-/m0/s1. The zero-order valence-electron chi connectivity index (χ0n) is 14.3. The van der Waals surface area contributed by atoms with E-state index >= 15 is 0 Å². The molecule has 2 fully saturated rings. The van der Waals surface area contributed by atoms with Crippen molar-refractivity contribution in [3.63, 3.8) is 0 Å². The van der Waals surface area contributed by atoms with Crippen molar-refractivity contribution in [2.45, 2.75) is 25.8 Å². The highest BCUT2D eigenvalue weighted by atomic mass is 16.5. The normalized spacial score (nSPS) is 19.7. The lowest BCUT2D eigenvalue weighted by molar-refractivity contribution is -0.135. The summed E-state index contributed by atoms with van der Waals surface area (Å²) in [6, 6.07) is 7.14. The second-order valence-electron chi connectivity index (χ2n) is 6.50. The maximum atomic E-state index is 12.5. The van der Waals surface area contributed by atoms with E-state index in [-0.39, 0.29) is 17.9 Å². The van der Waals surface area contributed by atoms with Crippen molar-refractivity contribution in [1.29, 1.82) is 0 Å². The summed E-state index contributed by atoms with van der Waals surface area (Å²) < 4.78 is 5.27. The molecule has 1 aliphatic carbocycles. The Balaban J connectivity index is 1.53. The molecule has 1 aromatic carbocycles. The first-order valence-electron chi connectivity index (χ1n) is 8.57. The highest BCUT2D eigenvalue weighted by Crippen LogP contribution is 2.31. The van der Waals surface area contributed by atoms with Crippen LogP contribution < -0.4 is 10.1 Å². The van der Waals surface area contributed by atoms with E-state index in [0.717, 1.165) is 25.9 Å². The number of carbonyl (C=O) groups is 2. The number of para-hydroxylation sites is 2. The third-order valence-corrected chi connectivity index (χ3v) is 4.84. The molecule has 0 unspecified atom stereocenters. The Morgan fingerprint density at radius 1 is 1.17 bits per heavy atom. The first kappa shape index (κ1) is 16.8. The molecule has 2 aliphatic rings. The third-order valence-electron chi connectivity index (χ3n) is 4.84. The number of nitrogens with zero attached hydrogens (tertiary/aromatic N) is 2. The number of piperazine rings is 1. The van der Waals surface area contributed by atoms with Crippen LogP contribution in [0.2, 0.25) is 0 Å². The summed E-state index contributed by atoms with van der Waals surface area (Å²) in [5.74, 6) is 1.16. The number of amides is 2. The van der Waals surface area contributed by atoms with Gasteiger partial charge >= 0.3 is 0 Å². The van der Waals surface area contributed by atoms with Gasteiger partial charge in [-0.05, 0) is 31.9 Å². The highest BCUT2D eigenvalue weighted by molar-refractivity contribution is 5.95. The largest absolute Gasteiger partial charge is 0.495 e. The summed E-state index contributed by atoms with van der Waals surface area (Å²) in [6.07, 6.45) is 2.08. The monoisotopic (exact) mass is 331 g/mol. The van der Waals surface area contributed by atoms with Gasteiger partial charge in [0.15, 0.2) is 0 Å². The zero-order valence-corrected chi connectivity index (χ0v) is 14.3. The molecule has 6 nitrogen and oxygen atoms in total. The Labute approximate surface area is 142 Å². The van der Waals surface area contributed by atoms with Crippen LogP contribution in [0.5, 0.6) is 5.75 Å². The lowest BCUT2D eigenvalue weighted by Gasteiger charge is -2.37. The topological polar surface area (TPSA) is 61.9 Å². The van der Waals surface area contributed by atoms with Crippen LogP contribution in [0.4, 0.5) is 5.69 Å². The molecule has 24 heavy (non-hydrogen) atoms. The molecule has 0 spiro atoms. The van der Waals surface area contributed by atoms with Crippen molar-refractivity contribution >= 4 is 17.5 Å². The molecule has 0 radical (unpaired) electrons. The van der Waals surface area contributed by atoms with Gasteiger partial charge in [0.1, 0.15) is 5.75 Å². The summed E-state index contributed by atoms with van der Waals surface area (Å²) in [7, 11) is 1.59. The van der Waals surface area contributed by atoms with Gasteiger partial charge < -0.3 is 15.0 Å². The number of methoxy groups -OCH3 is 1. The predicted octanol–water partition coefficient (Wildman–Crippen LogP) is 1.58. The molecule has 0 aromatic heterocycles. The van der Waals surface area contributed by atoms with Crippen LogP contribution in [0.25, 0.3) is 0 Å². The maximum Gasteiger partial charge on any atom is 0.241 e. The van der Waals surface area contributed by atoms with Gasteiger partial charge in [-0.3, -0.25) is 14.5 Å². The Morgan fingerprint density at radius 2 is 1.83 bits per heavy atom. The molecule has 0 bridgehead atoms. The number of carbonyl (C=O) groups excluding carboxylic acids is 2. The molecule has 1 aromatic rings. The number of rotatable bonds is 5. The number of anilines is 1. The quantitative estimate of drug-likeness (QED) is 0.890. The van der Waals surface area contributed by atoms with E-state index in [0.29, 0.717) is 30.4 Å². The second kappa shape index (κ2) is 7.21. The van der Waals surface area contributed by atoms with Crippen molar-refractivity contribution < 1.29 is 14.3 Å². The molecule has 130 valence electrons. The lowest BCUT2D eigenvalue weighted by atomic mass is 10.2. The SMILES string of the molecule is COc1ccccc1NC(=O)[C@H](C)N1CCN(C(=O)C2CC2)CC1. The minimum Gasteiger partial charge on any atom is -0.495 e. The van der Waals surface area contributed by atoms with Gasteiger partial charge in [0.2, 0.25) is 11.8 Å². The van der Waals surface area contributed by atoms with Crippen LogP contribution in [0.1, 0.15) is 19.8 Å². The molecule has 1 saturated heterocycles. The van der Waals surface area contributed by atoms with E-state index in [9.17, 15) is 9.59 Å². The van der Waals surface area contributed by atoms with Crippen LogP contribution in [0.3, 0.4) is 0 Å². The molecule has 1 N–H and O–H groups in total. The van der Waals surface area contributed by atoms with Crippen LogP contribution >= 0.6 is 0 Å². The Morgan fingerprint density at radius 3 is 2.46 bits per heavy atom. The average molecular weight is 331 g/mol. The van der Waals surface area contributed by atoms with Crippen LogP contribution in [-0.4, -0.2) is 60.9 Å². The van der Waals surface area contributed by atoms with Crippen LogP contribution in [0.15, 0.2) is 24.3 Å². The van der Waals surface area contributed by atoms with Gasteiger partial charge in [0.05, 0.1) is 18.8 Å². The maximum absolute atomic E-state index is 12.5. The van der Waals surface area contributed by atoms with Crippen molar-refractivity contribution in [3.05, 3.63) is 24.3 Å². The number of ether oxygens (including phenoxy) is 1. The summed E-state index contributed by atoms with van der Waals surface area (Å²) in [5, 5.41) is 2.93. The van der Waals surface area contributed by atoms with Gasteiger partial charge in [-0.25, -0.2) is 0 Å². The minimum absolute atomic E-state index is 0.0542. The Bertz CT molecular complexity index is 607. The number of benzene rings is 1. The van der Waals surface area contributed by atoms with Crippen molar-refractivity contribution in [2.75, 3.05) is 38.6 Å². The van der Waals surface area contributed by atoms with E-state index in [2.05, 4.69) is 10.2 Å². The Hall–Kier alpha value is -2.08. The smallest absolute Gasteiger partial charge is 0.241 e. The molecule has 1 saturated carbocycles. The van der Waals surface area contributed by atoms with Gasteiger partial charge in [0.25, 0.3) is 0 Å². The molecule has 1 aliphatic heterocycles. The summed E-state index contributed by atoms with van der Waals surface area (Å²) in [4.78, 5) is 28.7. The summed E-state index contributed by atoms with van der Waals surface area (Å²) in [5.41, 5.74) is 0.680. The molecule has 1 heterocycles. The van der Waals surface area contributed by atoms with Crippen molar-refractivity contribution in [2.24, 2.45) is 5.92 Å². The van der Waals surface area contributed by atoms with Gasteiger partial charge in [-0.1, -0.05) is 12.1 Å². The third kappa shape index (κ3) is 3.70. The first-order valence-corrected chi connectivity index (χ1v) is 8.57. The van der Waals surface area contributed by atoms with Crippen LogP contribution in [0, 0.1) is 5.92 Å². The fourth-order valence-electron chi connectivity index (χ4n) is 3.07. The fourth-order valence-corrected chi connectivity index (χ4v) is 3.07. The molecule has 3 rings (SSSR count). The molecular formula is C18H25N3O3. The zero-order chi connectivity index (χ0) is 17.1. The molecule has 2 amide bonds. The van der Waals surface area contributed by atoms with Crippen molar-refractivity contribution in [3.8, 4) is 5.75 Å². The predicted molar refractivity (Wildman–Crippen MR) is 92.0 cm³/mol.